The largest absolute Gasteiger partial charge is 0.439 e. The number of pyridine rings is 1. The van der Waals surface area contributed by atoms with E-state index in [2.05, 4.69) is 15.3 Å². The number of hydrogen-bond donors (Lipinski definition) is 2. The van der Waals surface area contributed by atoms with Gasteiger partial charge in [-0.05, 0) is 42.0 Å². The summed E-state index contributed by atoms with van der Waals surface area (Å²) in [6, 6.07) is 18.9. The molecule has 0 bridgehead atoms. The highest BCUT2D eigenvalue weighted by atomic mass is 127. The number of rotatable bonds is 5. The van der Waals surface area contributed by atoms with Gasteiger partial charge in [0.1, 0.15) is 11.6 Å². The molecule has 1 aromatic heterocycles. The van der Waals surface area contributed by atoms with Gasteiger partial charge >= 0.3 is 0 Å². The molecule has 0 saturated carbocycles. The second-order valence-corrected chi connectivity index (χ2v) is 5.25. The van der Waals surface area contributed by atoms with Crippen molar-refractivity contribution in [1.82, 2.24) is 4.98 Å². The molecule has 0 fully saturated rings. The van der Waals surface area contributed by atoms with Crippen molar-refractivity contribution in [3.8, 4) is 11.6 Å². The molecular weight excluding hydrogens is 446 g/mol. The monoisotopic (exact) mass is 464 g/mol. The number of ether oxygens (including phenoxy) is 1. The molecule has 7 heteroatoms. The standard InChI is InChI=1S/C19H17FN4O.HI/c20-15-7-9-17(10-8-15)25-18-11-6-14(12-22-18)13-23-19(21)24-16-4-2-1-3-5-16;/h1-12H,13H2,(H3,21,23,24);1H. The zero-order valence-corrected chi connectivity index (χ0v) is 16.1. The number of aliphatic imine (C=N–C) groups is 1. The summed E-state index contributed by atoms with van der Waals surface area (Å²) in [6.45, 7) is 0.398. The fourth-order valence-electron chi connectivity index (χ4n) is 2.07. The van der Waals surface area contributed by atoms with Crippen molar-refractivity contribution in [2.75, 3.05) is 5.32 Å². The van der Waals surface area contributed by atoms with Gasteiger partial charge in [-0.2, -0.15) is 0 Å². The summed E-state index contributed by atoms with van der Waals surface area (Å²) in [7, 11) is 0. The Kier molecular flexibility index (Phi) is 7.34. The van der Waals surface area contributed by atoms with Crippen LogP contribution in [-0.2, 0) is 6.54 Å². The number of halogens is 2. The van der Waals surface area contributed by atoms with Crippen LogP contribution in [0, 0.1) is 5.82 Å². The Morgan fingerprint density at radius 2 is 1.77 bits per heavy atom. The lowest BCUT2D eigenvalue weighted by atomic mass is 10.3. The highest BCUT2D eigenvalue weighted by molar-refractivity contribution is 14.0. The number of anilines is 1. The first kappa shape index (κ1) is 19.6. The van der Waals surface area contributed by atoms with Crippen LogP contribution in [0.3, 0.4) is 0 Å². The van der Waals surface area contributed by atoms with E-state index < -0.39 is 0 Å². The van der Waals surface area contributed by atoms with E-state index in [-0.39, 0.29) is 29.8 Å². The lowest BCUT2D eigenvalue weighted by molar-refractivity contribution is 0.461. The van der Waals surface area contributed by atoms with Gasteiger partial charge < -0.3 is 15.8 Å². The molecule has 0 spiro atoms. The Labute approximate surface area is 168 Å². The lowest BCUT2D eigenvalue weighted by Gasteiger charge is -2.06. The van der Waals surface area contributed by atoms with E-state index in [9.17, 15) is 4.39 Å². The molecule has 0 aliphatic carbocycles. The Bertz CT molecular complexity index is 840. The number of benzene rings is 2. The van der Waals surface area contributed by atoms with Crippen molar-refractivity contribution in [2.24, 2.45) is 10.7 Å². The van der Waals surface area contributed by atoms with Gasteiger partial charge in [-0.3, -0.25) is 0 Å². The second kappa shape index (κ2) is 9.71. The van der Waals surface area contributed by atoms with E-state index in [1.165, 1.54) is 12.1 Å². The number of nitrogens with one attached hydrogen (secondary N) is 1. The van der Waals surface area contributed by atoms with Crippen LogP contribution in [0.5, 0.6) is 11.6 Å². The number of hydrogen-bond acceptors (Lipinski definition) is 3. The Hall–Kier alpha value is -2.68. The van der Waals surface area contributed by atoms with Crippen molar-refractivity contribution >= 4 is 35.6 Å². The molecular formula is C19H18FIN4O. The van der Waals surface area contributed by atoms with Crippen LogP contribution in [0.4, 0.5) is 10.1 Å². The first-order chi connectivity index (χ1) is 12.2. The number of aromatic nitrogens is 1. The van der Waals surface area contributed by atoms with Crippen LogP contribution in [-0.4, -0.2) is 10.9 Å². The first-order valence-electron chi connectivity index (χ1n) is 7.69. The van der Waals surface area contributed by atoms with Crippen LogP contribution >= 0.6 is 24.0 Å². The van der Waals surface area contributed by atoms with Crippen LogP contribution in [0.15, 0.2) is 77.9 Å². The van der Waals surface area contributed by atoms with Gasteiger partial charge in [-0.25, -0.2) is 14.4 Å². The zero-order valence-electron chi connectivity index (χ0n) is 13.8. The van der Waals surface area contributed by atoms with Crippen molar-refractivity contribution in [2.45, 2.75) is 6.54 Å². The van der Waals surface area contributed by atoms with Gasteiger partial charge in [-0.1, -0.05) is 24.3 Å². The number of guanidine groups is 1. The molecule has 3 rings (SSSR count). The smallest absolute Gasteiger partial charge is 0.219 e. The minimum atomic E-state index is -0.310. The predicted molar refractivity (Wildman–Crippen MR) is 112 cm³/mol. The topological polar surface area (TPSA) is 72.5 Å². The lowest BCUT2D eigenvalue weighted by Crippen LogP contribution is -2.22. The van der Waals surface area contributed by atoms with E-state index in [0.717, 1.165) is 11.3 Å². The Morgan fingerprint density at radius 1 is 1.04 bits per heavy atom. The maximum absolute atomic E-state index is 12.9. The third kappa shape index (κ3) is 5.99. The normalized spacial score (nSPS) is 10.7. The molecule has 134 valence electrons. The molecule has 26 heavy (non-hydrogen) atoms. The molecule has 3 aromatic rings. The van der Waals surface area contributed by atoms with E-state index >= 15 is 0 Å². The minimum absolute atomic E-state index is 0. The quantitative estimate of drug-likeness (QED) is 0.330. The third-order valence-electron chi connectivity index (χ3n) is 3.31. The Morgan fingerprint density at radius 3 is 2.42 bits per heavy atom. The van der Waals surface area contributed by atoms with Crippen LogP contribution in [0.2, 0.25) is 0 Å². The summed E-state index contributed by atoms with van der Waals surface area (Å²) in [5.74, 6) is 0.971. The SMILES string of the molecule is I.NC(=NCc1ccc(Oc2ccc(F)cc2)nc1)Nc1ccccc1. The molecule has 0 atom stereocenters. The van der Waals surface area contributed by atoms with Crippen molar-refractivity contribution in [3.05, 3.63) is 84.3 Å². The van der Waals surface area contributed by atoms with Crippen molar-refractivity contribution in [1.29, 1.82) is 0 Å². The predicted octanol–water partition coefficient (Wildman–Crippen LogP) is 4.56. The summed E-state index contributed by atoms with van der Waals surface area (Å²) < 4.78 is 18.4. The molecule has 0 unspecified atom stereocenters. The van der Waals surface area contributed by atoms with Crippen LogP contribution in [0.25, 0.3) is 0 Å². The zero-order chi connectivity index (χ0) is 17.5. The number of nitrogens with two attached hydrogens (primary N) is 1. The average molecular weight is 464 g/mol. The van der Waals surface area contributed by atoms with Gasteiger partial charge in [0.25, 0.3) is 0 Å². The highest BCUT2D eigenvalue weighted by Gasteiger charge is 2.00. The van der Waals surface area contributed by atoms with E-state index in [1.54, 1.807) is 24.4 Å². The van der Waals surface area contributed by atoms with Gasteiger partial charge in [0, 0.05) is 18.0 Å². The van der Waals surface area contributed by atoms with Crippen molar-refractivity contribution < 1.29 is 9.13 Å². The van der Waals surface area contributed by atoms with E-state index in [4.69, 9.17) is 10.5 Å². The first-order valence-corrected chi connectivity index (χ1v) is 7.69. The van der Waals surface area contributed by atoms with Gasteiger partial charge in [0.15, 0.2) is 5.96 Å². The molecule has 0 radical (unpaired) electrons. The molecule has 2 aromatic carbocycles. The molecule has 0 saturated heterocycles. The molecule has 3 N–H and O–H groups in total. The maximum Gasteiger partial charge on any atom is 0.219 e. The molecule has 0 aliphatic heterocycles. The average Bonchev–Trinajstić information content (AvgIpc) is 2.64. The Balaban J connectivity index is 0.00000243. The van der Waals surface area contributed by atoms with Crippen LogP contribution < -0.4 is 15.8 Å². The molecule has 5 nitrogen and oxygen atoms in total. The summed E-state index contributed by atoms with van der Waals surface area (Å²) in [5.41, 5.74) is 7.63. The number of para-hydroxylation sites is 1. The second-order valence-electron chi connectivity index (χ2n) is 5.25. The van der Waals surface area contributed by atoms with Gasteiger partial charge in [0.2, 0.25) is 5.88 Å². The summed E-state index contributed by atoms with van der Waals surface area (Å²) in [4.78, 5) is 8.49. The summed E-state index contributed by atoms with van der Waals surface area (Å²) in [5, 5.41) is 3.01. The molecule has 1 heterocycles. The van der Waals surface area contributed by atoms with Crippen molar-refractivity contribution in [3.63, 3.8) is 0 Å². The minimum Gasteiger partial charge on any atom is -0.439 e. The van der Waals surface area contributed by atoms with E-state index in [1.807, 2.05) is 36.4 Å². The van der Waals surface area contributed by atoms with Gasteiger partial charge in [-0.15, -0.1) is 24.0 Å². The fourth-order valence-corrected chi connectivity index (χ4v) is 2.07. The van der Waals surface area contributed by atoms with Gasteiger partial charge in [0.05, 0.1) is 6.54 Å². The maximum atomic E-state index is 12.9. The molecule has 0 aliphatic rings. The van der Waals surface area contributed by atoms with Crippen LogP contribution in [0.1, 0.15) is 5.56 Å². The molecule has 0 amide bonds. The van der Waals surface area contributed by atoms with E-state index in [0.29, 0.717) is 24.1 Å². The third-order valence-corrected chi connectivity index (χ3v) is 3.31. The fraction of sp³-hybridized carbons (Fsp3) is 0.0526. The number of nitrogens with zero attached hydrogens (tertiary/aromatic N) is 2. The summed E-state index contributed by atoms with van der Waals surface area (Å²) in [6.07, 6.45) is 1.66. The summed E-state index contributed by atoms with van der Waals surface area (Å²) >= 11 is 0. The highest BCUT2D eigenvalue weighted by Crippen LogP contribution is 2.19.